The van der Waals surface area contributed by atoms with Gasteiger partial charge in [-0.25, -0.2) is 0 Å². The maximum absolute atomic E-state index is 6.11. The first kappa shape index (κ1) is 12.7. The molecule has 0 aromatic carbocycles. The summed E-state index contributed by atoms with van der Waals surface area (Å²) in [6.45, 7) is 2.10. The van der Waals surface area contributed by atoms with Gasteiger partial charge in [-0.15, -0.1) is 11.6 Å². The molecule has 1 aromatic rings. The predicted molar refractivity (Wildman–Crippen MR) is 73.2 cm³/mol. The Labute approximate surface area is 109 Å². The van der Waals surface area contributed by atoms with Crippen molar-refractivity contribution in [1.29, 1.82) is 0 Å². The predicted octanol–water partition coefficient (Wildman–Crippen LogP) is 3.93. The highest BCUT2D eigenvalue weighted by molar-refractivity contribution is 6.19. The molecule has 0 amide bonds. The molecule has 0 radical (unpaired) electrons. The standard InChI is InChI=1S/C14H21ClN2/c1-11-14(10-16-17(11)2)8-13(9-15)12-6-4-3-5-7-12/h8,10,12H,3-7,9H2,1-2H3. The third-order valence-electron chi connectivity index (χ3n) is 3.90. The zero-order valence-electron chi connectivity index (χ0n) is 10.7. The van der Waals surface area contributed by atoms with Crippen molar-refractivity contribution in [2.75, 3.05) is 5.88 Å². The smallest absolute Gasteiger partial charge is 0.0564 e. The molecule has 0 saturated heterocycles. The van der Waals surface area contributed by atoms with Gasteiger partial charge >= 0.3 is 0 Å². The van der Waals surface area contributed by atoms with E-state index < -0.39 is 0 Å². The summed E-state index contributed by atoms with van der Waals surface area (Å²) >= 11 is 6.11. The maximum atomic E-state index is 6.11. The minimum Gasteiger partial charge on any atom is -0.272 e. The van der Waals surface area contributed by atoms with Crippen LogP contribution in [0.3, 0.4) is 0 Å². The van der Waals surface area contributed by atoms with Gasteiger partial charge in [-0.2, -0.15) is 5.10 Å². The molecule has 2 rings (SSSR count). The van der Waals surface area contributed by atoms with Gasteiger partial charge in [0.25, 0.3) is 0 Å². The van der Waals surface area contributed by atoms with Gasteiger partial charge < -0.3 is 0 Å². The fourth-order valence-electron chi connectivity index (χ4n) is 2.60. The van der Waals surface area contributed by atoms with Crippen LogP contribution in [0.5, 0.6) is 0 Å². The largest absolute Gasteiger partial charge is 0.272 e. The summed E-state index contributed by atoms with van der Waals surface area (Å²) in [5, 5.41) is 4.28. The van der Waals surface area contributed by atoms with Crippen molar-refractivity contribution in [2.45, 2.75) is 39.0 Å². The van der Waals surface area contributed by atoms with Gasteiger partial charge in [-0.3, -0.25) is 4.68 Å². The molecule has 0 N–H and O–H groups in total. The molecule has 1 heterocycles. The highest BCUT2D eigenvalue weighted by atomic mass is 35.5. The van der Waals surface area contributed by atoms with Crippen LogP contribution in [-0.4, -0.2) is 15.7 Å². The van der Waals surface area contributed by atoms with E-state index in [4.69, 9.17) is 11.6 Å². The Balaban J connectivity index is 2.19. The van der Waals surface area contributed by atoms with Crippen LogP contribution in [0.25, 0.3) is 6.08 Å². The van der Waals surface area contributed by atoms with Crippen molar-refractivity contribution < 1.29 is 0 Å². The van der Waals surface area contributed by atoms with Gasteiger partial charge in [0.05, 0.1) is 6.20 Å². The molecule has 94 valence electrons. The van der Waals surface area contributed by atoms with Gasteiger partial charge in [0.2, 0.25) is 0 Å². The van der Waals surface area contributed by atoms with Crippen LogP contribution in [0.15, 0.2) is 11.8 Å². The number of allylic oxidation sites excluding steroid dienone is 1. The second kappa shape index (κ2) is 5.72. The summed E-state index contributed by atoms with van der Waals surface area (Å²) in [6, 6.07) is 0. The van der Waals surface area contributed by atoms with E-state index in [1.165, 1.54) is 48.9 Å². The molecular weight excluding hydrogens is 232 g/mol. The zero-order chi connectivity index (χ0) is 12.3. The van der Waals surface area contributed by atoms with Crippen molar-refractivity contribution in [3.05, 3.63) is 23.0 Å². The van der Waals surface area contributed by atoms with E-state index in [1.54, 1.807) is 0 Å². The fraction of sp³-hybridized carbons (Fsp3) is 0.643. The Morgan fingerprint density at radius 3 is 2.71 bits per heavy atom. The second-order valence-corrected chi connectivity index (χ2v) is 5.26. The molecule has 3 heteroatoms. The van der Waals surface area contributed by atoms with Crippen LogP contribution in [0.2, 0.25) is 0 Å². The number of aryl methyl sites for hydroxylation is 1. The number of halogens is 1. The van der Waals surface area contributed by atoms with E-state index in [1.807, 2.05) is 17.9 Å². The molecule has 0 spiro atoms. The summed E-state index contributed by atoms with van der Waals surface area (Å²) < 4.78 is 1.92. The van der Waals surface area contributed by atoms with Crippen LogP contribution in [0, 0.1) is 12.8 Å². The maximum Gasteiger partial charge on any atom is 0.0564 e. The lowest BCUT2D eigenvalue weighted by Crippen LogP contribution is -2.10. The van der Waals surface area contributed by atoms with E-state index >= 15 is 0 Å². The van der Waals surface area contributed by atoms with E-state index in [2.05, 4.69) is 18.1 Å². The molecule has 1 aliphatic rings. The Kier molecular flexibility index (Phi) is 4.27. The van der Waals surface area contributed by atoms with Crippen LogP contribution in [-0.2, 0) is 7.05 Å². The number of nitrogens with zero attached hydrogens (tertiary/aromatic N) is 2. The van der Waals surface area contributed by atoms with Crippen molar-refractivity contribution in [3.8, 4) is 0 Å². The Morgan fingerprint density at radius 2 is 2.18 bits per heavy atom. The van der Waals surface area contributed by atoms with Crippen molar-refractivity contribution in [3.63, 3.8) is 0 Å². The average Bonchev–Trinajstić information content (AvgIpc) is 2.68. The monoisotopic (exact) mass is 252 g/mol. The molecule has 0 bridgehead atoms. The third-order valence-corrected chi connectivity index (χ3v) is 4.21. The molecule has 1 aromatic heterocycles. The summed E-state index contributed by atoms with van der Waals surface area (Å²) in [5.74, 6) is 1.35. The fourth-order valence-corrected chi connectivity index (χ4v) is 2.89. The molecule has 0 aliphatic heterocycles. The van der Waals surface area contributed by atoms with Crippen LogP contribution in [0.4, 0.5) is 0 Å². The second-order valence-electron chi connectivity index (χ2n) is 5.00. The molecule has 1 saturated carbocycles. The number of aromatic nitrogens is 2. The van der Waals surface area contributed by atoms with Crippen molar-refractivity contribution in [2.24, 2.45) is 13.0 Å². The van der Waals surface area contributed by atoms with E-state index in [9.17, 15) is 0 Å². The quantitative estimate of drug-likeness (QED) is 0.746. The molecule has 0 unspecified atom stereocenters. The van der Waals surface area contributed by atoms with Gasteiger partial charge in [0, 0.05) is 24.2 Å². The SMILES string of the molecule is Cc1c(C=C(CCl)C2CCCCC2)cnn1C. The van der Waals surface area contributed by atoms with E-state index in [-0.39, 0.29) is 0 Å². The lowest BCUT2D eigenvalue weighted by atomic mass is 9.84. The van der Waals surface area contributed by atoms with Gasteiger partial charge in [0.15, 0.2) is 0 Å². The topological polar surface area (TPSA) is 17.8 Å². The zero-order valence-corrected chi connectivity index (χ0v) is 11.5. The van der Waals surface area contributed by atoms with E-state index in [0.29, 0.717) is 11.8 Å². The summed E-state index contributed by atoms with van der Waals surface area (Å²) in [4.78, 5) is 0. The van der Waals surface area contributed by atoms with Gasteiger partial charge in [-0.05, 0) is 25.7 Å². The minimum absolute atomic E-state index is 0.652. The normalized spacial score (nSPS) is 18.6. The van der Waals surface area contributed by atoms with Gasteiger partial charge in [-0.1, -0.05) is 30.9 Å². The number of hydrogen-bond acceptors (Lipinski definition) is 1. The Bertz CT molecular complexity index is 400. The van der Waals surface area contributed by atoms with Crippen molar-refractivity contribution in [1.82, 2.24) is 9.78 Å². The van der Waals surface area contributed by atoms with Crippen LogP contribution >= 0.6 is 11.6 Å². The summed E-state index contributed by atoms with van der Waals surface area (Å²) in [7, 11) is 1.98. The Hall–Kier alpha value is -0.760. The molecule has 0 atom stereocenters. The highest BCUT2D eigenvalue weighted by Crippen LogP contribution is 2.31. The molecule has 2 nitrogen and oxygen atoms in total. The molecule has 1 fully saturated rings. The average molecular weight is 253 g/mol. The molecular formula is C14H21ClN2. The third kappa shape index (κ3) is 2.92. The minimum atomic E-state index is 0.652. The first-order valence-electron chi connectivity index (χ1n) is 6.47. The summed E-state index contributed by atoms with van der Waals surface area (Å²) in [6.07, 6.45) is 10.9. The van der Waals surface area contributed by atoms with E-state index in [0.717, 1.165) is 0 Å². The molecule has 17 heavy (non-hydrogen) atoms. The number of rotatable bonds is 3. The molecule has 1 aliphatic carbocycles. The Morgan fingerprint density at radius 1 is 1.47 bits per heavy atom. The van der Waals surface area contributed by atoms with Crippen molar-refractivity contribution >= 4 is 17.7 Å². The first-order valence-corrected chi connectivity index (χ1v) is 7.01. The number of alkyl halides is 1. The number of hydrogen-bond donors (Lipinski definition) is 0. The van der Waals surface area contributed by atoms with Crippen LogP contribution < -0.4 is 0 Å². The lowest BCUT2D eigenvalue weighted by molar-refractivity contribution is 0.405. The first-order chi connectivity index (χ1) is 8.22. The highest BCUT2D eigenvalue weighted by Gasteiger charge is 2.17. The van der Waals surface area contributed by atoms with Crippen LogP contribution in [0.1, 0.15) is 43.4 Å². The summed E-state index contributed by atoms with van der Waals surface area (Å²) in [5.41, 5.74) is 3.82. The lowest BCUT2D eigenvalue weighted by Gasteiger charge is -2.23. The van der Waals surface area contributed by atoms with Gasteiger partial charge in [0.1, 0.15) is 0 Å².